The molecule has 0 aliphatic rings. The zero-order chi connectivity index (χ0) is 13.7. The number of rotatable bonds is 5. The lowest BCUT2D eigenvalue weighted by molar-refractivity contribution is 0.0693. The van der Waals surface area contributed by atoms with Gasteiger partial charge in [-0.2, -0.15) is 0 Å². The average molecular weight is 291 g/mol. The Hall–Kier alpha value is -0.840. The maximum atomic E-state index is 12.3. The van der Waals surface area contributed by atoms with Crippen LogP contribution in [0.5, 0.6) is 0 Å². The molecule has 0 unspecified atom stereocenters. The van der Waals surface area contributed by atoms with Crippen molar-refractivity contribution >= 4 is 29.1 Å². The molecule has 4 nitrogen and oxygen atoms in total. The molecule has 1 aromatic rings. The number of hydrogen-bond donors (Lipinski definition) is 1. The number of halogens is 2. The number of nitrogens with zero attached hydrogens (tertiary/aromatic N) is 2. The van der Waals surface area contributed by atoms with E-state index in [1.807, 2.05) is 13.8 Å². The van der Waals surface area contributed by atoms with E-state index in [1.54, 1.807) is 4.90 Å². The van der Waals surface area contributed by atoms with Crippen molar-refractivity contribution in [3.05, 3.63) is 28.0 Å². The van der Waals surface area contributed by atoms with Crippen LogP contribution in [0.4, 0.5) is 0 Å². The number of aliphatic hydroxyl groups excluding tert-OH is 1. The van der Waals surface area contributed by atoms with Crippen LogP contribution >= 0.6 is 23.2 Å². The van der Waals surface area contributed by atoms with E-state index < -0.39 is 0 Å². The summed E-state index contributed by atoms with van der Waals surface area (Å²) in [5.74, 6) is -0.162. The Morgan fingerprint density at radius 2 is 1.94 bits per heavy atom. The number of amides is 1. The molecule has 0 aliphatic carbocycles. The molecule has 1 heterocycles. The van der Waals surface area contributed by atoms with Gasteiger partial charge < -0.3 is 10.0 Å². The zero-order valence-corrected chi connectivity index (χ0v) is 11.9. The Labute approximate surface area is 117 Å². The Bertz CT molecular complexity index is 404. The third-order valence-corrected chi connectivity index (χ3v) is 2.84. The van der Waals surface area contributed by atoms with E-state index in [0.29, 0.717) is 18.5 Å². The molecule has 0 atom stereocenters. The van der Waals surface area contributed by atoms with Crippen LogP contribution < -0.4 is 0 Å². The third kappa shape index (κ3) is 4.12. The van der Waals surface area contributed by atoms with Gasteiger partial charge in [0.1, 0.15) is 10.3 Å². The second-order valence-corrected chi connectivity index (χ2v) is 4.95. The molecular formula is C12H16Cl2N2O2. The van der Waals surface area contributed by atoms with E-state index in [2.05, 4.69) is 4.98 Å². The molecule has 0 fully saturated rings. The normalized spacial score (nSPS) is 10.8. The molecule has 0 saturated heterocycles. The minimum atomic E-state index is -0.162. The molecule has 0 bridgehead atoms. The smallest absolute Gasteiger partial charge is 0.254 e. The molecule has 0 saturated carbocycles. The zero-order valence-electron chi connectivity index (χ0n) is 10.4. The van der Waals surface area contributed by atoms with Crippen LogP contribution in [0.25, 0.3) is 0 Å². The first-order valence-electron chi connectivity index (χ1n) is 5.70. The first-order valence-corrected chi connectivity index (χ1v) is 6.46. The second-order valence-electron chi connectivity index (χ2n) is 4.17. The van der Waals surface area contributed by atoms with Gasteiger partial charge in [0.2, 0.25) is 0 Å². The van der Waals surface area contributed by atoms with Crippen LogP contribution in [0, 0.1) is 0 Å². The predicted octanol–water partition coefficient (Wildman–Crippen LogP) is 2.62. The van der Waals surface area contributed by atoms with Gasteiger partial charge in [-0.3, -0.25) is 4.79 Å². The molecule has 1 aromatic heterocycles. The van der Waals surface area contributed by atoms with Crippen molar-refractivity contribution in [1.82, 2.24) is 9.88 Å². The fraction of sp³-hybridized carbons (Fsp3) is 0.500. The monoisotopic (exact) mass is 290 g/mol. The lowest BCUT2D eigenvalue weighted by Crippen LogP contribution is -2.38. The summed E-state index contributed by atoms with van der Waals surface area (Å²) in [5, 5.41) is 9.23. The summed E-state index contributed by atoms with van der Waals surface area (Å²) in [5.41, 5.74) is 0.409. The molecule has 1 N–H and O–H groups in total. The molecular weight excluding hydrogens is 275 g/mol. The van der Waals surface area contributed by atoms with Crippen molar-refractivity contribution < 1.29 is 9.90 Å². The highest BCUT2D eigenvalue weighted by molar-refractivity contribution is 6.33. The van der Waals surface area contributed by atoms with Gasteiger partial charge in [0.25, 0.3) is 5.91 Å². The summed E-state index contributed by atoms with van der Waals surface area (Å²) in [6, 6.07) is 3.02. The topological polar surface area (TPSA) is 53.4 Å². The van der Waals surface area contributed by atoms with Crippen molar-refractivity contribution in [2.75, 3.05) is 13.2 Å². The lowest BCUT2D eigenvalue weighted by atomic mass is 10.2. The van der Waals surface area contributed by atoms with Crippen LogP contribution in [0.1, 0.15) is 30.6 Å². The SMILES string of the molecule is CC(C)N(CCCO)C(=O)c1cc(Cl)nc(Cl)c1. The van der Waals surface area contributed by atoms with Crippen LogP contribution in [-0.2, 0) is 0 Å². The quantitative estimate of drug-likeness (QED) is 0.848. The molecule has 1 rings (SSSR count). The van der Waals surface area contributed by atoms with Crippen LogP contribution in [0.2, 0.25) is 10.3 Å². The van der Waals surface area contributed by atoms with Gasteiger partial charge in [-0.1, -0.05) is 23.2 Å². The predicted molar refractivity (Wildman–Crippen MR) is 72.1 cm³/mol. The van der Waals surface area contributed by atoms with Gasteiger partial charge in [-0.15, -0.1) is 0 Å². The van der Waals surface area contributed by atoms with E-state index in [-0.39, 0.29) is 28.9 Å². The number of carbonyl (C=O) groups is 1. The summed E-state index contributed by atoms with van der Waals surface area (Å²) in [6.45, 7) is 4.37. The van der Waals surface area contributed by atoms with Gasteiger partial charge in [0.15, 0.2) is 0 Å². The number of carbonyl (C=O) groups excluding carboxylic acids is 1. The maximum Gasteiger partial charge on any atom is 0.254 e. The first-order chi connectivity index (χ1) is 8.45. The highest BCUT2D eigenvalue weighted by atomic mass is 35.5. The standard InChI is InChI=1S/C12H16Cl2N2O2/c1-8(2)16(4-3-5-17)12(18)9-6-10(13)15-11(14)7-9/h6-8,17H,3-5H2,1-2H3. The molecule has 0 spiro atoms. The lowest BCUT2D eigenvalue weighted by Gasteiger charge is -2.26. The van der Waals surface area contributed by atoms with Gasteiger partial charge in [0, 0.05) is 24.8 Å². The molecule has 1 amide bonds. The summed E-state index contributed by atoms with van der Waals surface area (Å²) >= 11 is 11.6. The van der Waals surface area contributed by atoms with E-state index in [9.17, 15) is 4.79 Å². The van der Waals surface area contributed by atoms with Gasteiger partial charge in [-0.05, 0) is 32.4 Å². The summed E-state index contributed by atoms with van der Waals surface area (Å²) in [4.78, 5) is 17.8. The van der Waals surface area contributed by atoms with Crippen LogP contribution in [0.3, 0.4) is 0 Å². The fourth-order valence-electron chi connectivity index (χ4n) is 1.59. The van der Waals surface area contributed by atoms with E-state index in [4.69, 9.17) is 28.3 Å². The first kappa shape index (κ1) is 15.2. The van der Waals surface area contributed by atoms with Crippen LogP contribution in [-0.4, -0.2) is 40.1 Å². The Kier molecular flexibility index (Phi) is 5.85. The van der Waals surface area contributed by atoms with E-state index in [0.717, 1.165) is 0 Å². The summed E-state index contributed by atoms with van der Waals surface area (Å²) < 4.78 is 0. The molecule has 6 heteroatoms. The third-order valence-electron chi connectivity index (χ3n) is 2.45. The minimum absolute atomic E-state index is 0.0368. The summed E-state index contributed by atoms with van der Waals surface area (Å²) in [6.07, 6.45) is 0.538. The Morgan fingerprint density at radius 1 is 1.39 bits per heavy atom. The minimum Gasteiger partial charge on any atom is -0.396 e. The van der Waals surface area contributed by atoms with Gasteiger partial charge >= 0.3 is 0 Å². The van der Waals surface area contributed by atoms with E-state index >= 15 is 0 Å². The highest BCUT2D eigenvalue weighted by Crippen LogP contribution is 2.17. The van der Waals surface area contributed by atoms with Crippen molar-refractivity contribution in [2.24, 2.45) is 0 Å². The van der Waals surface area contributed by atoms with E-state index in [1.165, 1.54) is 12.1 Å². The number of aromatic nitrogens is 1. The molecule has 100 valence electrons. The molecule has 0 aromatic carbocycles. The van der Waals surface area contributed by atoms with Crippen molar-refractivity contribution in [3.63, 3.8) is 0 Å². The fourth-order valence-corrected chi connectivity index (χ4v) is 2.05. The molecule has 18 heavy (non-hydrogen) atoms. The Balaban J connectivity index is 2.94. The number of hydrogen-bond acceptors (Lipinski definition) is 3. The van der Waals surface area contributed by atoms with Crippen molar-refractivity contribution in [3.8, 4) is 0 Å². The Morgan fingerprint density at radius 3 is 2.39 bits per heavy atom. The van der Waals surface area contributed by atoms with Crippen molar-refractivity contribution in [2.45, 2.75) is 26.3 Å². The maximum absolute atomic E-state index is 12.3. The second kappa shape index (κ2) is 6.92. The van der Waals surface area contributed by atoms with Crippen molar-refractivity contribution in [1.29, 1.82) is 0 Å². The van der Waals surface area contributed by atoms with Gasteiger partial charge in [0.05, 0.1) is 0 Å². The summed E-state index contributed by atoms with van der Waals surface area (Å²) in [7, 11) is 0. The highest BCUT2D eigenvalue weighted by Gasteiger charge is 2.19. The number of pyridine rings is 1. The van der Waals surface area contributed by atoms with Crippen LogP contribution in [0.15, 0.2) is 12.1 Å². The largest absolute Gasteiger partial charge is 0.396 e. The number of aliphatic hydroxyl groups is 1. The molecule has 0 aliphatic heterocycles. The van der Waals surface area contributed by atoms with Gasteiger partial charge in [-0.25, -0.2) is 4.98 Å². The average Bonchev–Trinajstić information content (AvgIpc) is 2.27. The molecule has 0 radical (unpaired) electrons.